The Morgan fingerprint density at radius 3 is 2.74 bits per heavy atom. The molecule has 0 saturated heterocycles. The van der Waals surface area contributed by atoms with Gasteiger partial charge in [0.15, 0.2) is 0 Å². The normalized spacial score (nSPS) is 12.9. The van der Waals surface area contributed by atoms with Crippen molar-refractivity contribution < 1.29 is 19.5 Å². The lowest BCUT2D eigenvalue weighted by Gasteiger charge is -2.18. The van der Waals surface area contributed by atoms with E-state index in [9.17, 15) is 14.4 Å². The Hall–Kier alpha value is -2.57. The van der Waals surface area contributed by atoms with Crippen LogP contribution in [0.5, 0.6) is 0 Å². The average Bonchev–Trinajstić information content (AvgIpc) is 2.70. The van der Waals surface area contributed by atoms with Gasteiger partial charge < -0.3 is 15.7 Å². The molecule has 1 heterocycles. The molecule has 0 aliphatic carbocycles. The van der Waals surface area contributed by atoms with Gasteiger partial charge in [0.1, 0.15) is 0 Å². The lowest BCUT2D eigenvalue weighted by atomic mass is 10.1. The standard InChI is InChI=1S/C12H13N3O4/c13-12(19)14-10(16)6-15-4-3-7-5-8(11(17)18)1-2-9(7)15/h1-2,5H,3-4,6H2,(H,17,18)(H3,13,14,16,19). The molecular formula is C12H13N3O4. The number of carbonyl (C=O) groups excluding carboxylic acids is 2. The number of primary amides is 1. The average molecular weight is 263 g/mol. The molecule has 0 saturated carbocycles. The van der Waals surface area contributed by atoms with Crippen molar-refractivity contribution in [1.29, 1.82) is 0 Å². The number of hydrogen-bond acceptors (Lipinski definition) is 4. The summed E-state index contributed by atoms with van der Waals surface area (Å²) in [6, 6.07) is 3.88. The predicted octanol–water partition coefficient (Wildman–Crippen LogP) is -0.0578. The maximum absolute atomic E-state index is 11.4. The van der Waals surface area contributed by atoms with Crippen LogP contribution in [0.25, 0.3) is 0 Å². The summed E-state index contributed by atoms with van der Waals surface area (Å²) in [4.78, 5) is 34.6. The summed E-state index contributed by atoms with van der Waals surface area (Å²) < 4.78 is 0. The van der Waals surface area contributed by atoms with Crippen LogP contribution in [0.3, 0.4) is 0 Å². The number of rotatable bonds is 3. The summed E-state index contributed by atoms with van der Waals surface area (Å²) in [6.07, 6.45) is 0.667. The molecule has 0 atom stereocenters. The number of nitrogens with one attached hydrogen (secondary N) is 1. The summed E-state index contributed by atoms with van der Waals surface area (Å²) in [7, 11) is 0. The molecule has 1 aliphatic heterocycles. The van der Waals surface area contributed by atoms with Gasteiger partial charge in [-0.2, -0.15) is 0 Å². The Kier molecular flexibility index (Phi) is 3.37. The summed E-state index contributed by atoms with van der Waals surface area (Å²) in [6.45, 7) is 0.618. The number of benzene rings is 1. The molecule has 1 aliphatic rings. The van der Waals surface area contributed by atoms with Gasteiger partial charge >= 0.3 is 12.0 Å². The number of anilines is 1. The number of amides is 3. The van der Waals surface area contributed by atoms with E-state index in [1.807, 2.05) is 5.32 Å². The summed E-state index contributed by atoms with van der Waals surface area (Å²) >= 11 is 0. The van der Waals surface area contributed by atoms with Gasteiger partial charge in [-0.3, -0.25) is 10.1 Å². The lowest BCUT2D eigenvalue weighted by Crippen LogP contribution is -2.41. The first-order valence-corrected chi connectivity index (χ1v) is 5.68. The number of carboxylic acid groups (broad SMARTS) is 1. The van der Waals surface area contributed by atoms with Gasteiger partial charge in [0.2, 0.25) is 5.91 Å². The molecule has 1 aromatic rings. The minimum atomic E-state index is -0.979. The van der Waals surface area contributed by atoms with Gasteiger partial charge in [-0.25, -0.2) is 9.59 Å². The van der Waals surface area contributed by atoms with Gasteiger partial charge in [-0.15, -0.1) is 0 Å². The number of carbonyl (C=O) groups is 3. The zero-order valence-electron chi connectivity index (χ0n) is 10.0. The fourth-order valence-electron chi connectivity index (χ4n) is 2.12. The molecule has 0 aromatic heterocycles. The summed E-state index contributed by atoms with van der Waals surface area (Å²) in [5, 5.41) is 10.9. The smallest absolute Gasteiger partial charge is 0.335 e. The predicted molar refractivity (Wildman–Crippen MR) is 67.0 cm³/mol. The molecule has 4 N–H and O–H groups in total. The molecule has 0 fully saturated rings. The first-order valence-electron chi connectivity index (χ1n) is 5.68. The number of aromatic carboxylic acids is 1. The Morgan fingerprint density at radius 2 is 2.11 bits per heavy atom. The molecule has 7 nitrogen and oxygen atoms in total. The quantitative estimate of drug-likeness (QED) is 0.707. The second-order valence-electron chi connectivity index (χ2n) is 4.23. The molecule has 0 unspecified atom stereocenters. The van der Waals surface area contributed by atoms with Crippen molar-refractivity contribution in [3.63, 3.8) is 0 Å². The third-order valence-electron chi connectivity index (χ3n) is 2.92. The highest BCUT2D eigenvalue weighted by molar-refractivity contribution is 5.96. The third kappa shape index (κ3) is 2.82. The minimum absolute atomic E-state index is 0.0162. The van der Waals surface area contributed by atoms with Crippen LogP contribution >= 0.6 is 0 Å². The van der Waals surface area contributed by atoms with Gasteiger partial charge in [0, 0.05) is 12.2 Å². The molecular weight excluding hydrogens is 250 g/mol. The van der Waals surface area contributed by atoms with Gasteiger partial charge in [-0.1, -0.05) is 0 Å². The highest BCUT2D eigenvalue weighted by Gasteiger charge is 2.22. The molecule has 2 rings (SSSR count). The number of imide groups is 1. The Balaban J connectivity index is 2.12. The molecule has 1 aromatic carbocycles. The van der Waals surface area contributed by atoms with Crippen LogP contribution < -0.4 is 16.0 Å². The maximum atomic E-state index is 11.4. The van der Waals surface area contributed by atoms with Crippen LogP contribution in [0.1, 0.15) is 15.9 Å². The van der Waals surface area contributed by atoms with Crippen molar-refractivity contribution in [2.24, 2.45) is 5.73 Å². The van der Waals surface area contributed by atoms with Crippen molar-refractivity contribution in [3.8, 4) is 0 Å². The molecule has 3 amide bonds. The molecule has 7 heteroatoms. The van der Waals surface area contributed by atoms with Crippen molar-refractivity contribution in [2.45, 2.75) is 6.42 Å². The molecule has 0 bridgehead atoms. The van der Waals surface area contributed by atoms with Crippen molar-refractivity contribution in [3.05, 3.63) is 29.3 Å². The highest BCUT2D eigenvalue weighted by atomic mass is 16.4. The van der Waals surface area contributed by atoms with E-state index in [1.165, 1.54) is 6.07 Å². The summed E-state index contributed by atoms with van der Waals surface area (Å²) in [5.74, 6) is -1.46. The number of fused-ring (bicyclic) bond motifs is 1. The van der Waals surface area contributed by atoms with Crippen LogP contribution in [0.2, 0.25) is 0 Å². The van der Waals surface area contributed by atoms with E-state index in [0.29, 0.717) is 13.0 Å². The number of nitrogens with zero attached hydrogens (tertiary/aromatic N) is 1. The van der Waals surface area contributed by atoms with Crippen LogP contribution in [-0.2, 0) is 11.2 Å². The van der Waals surface area contributed by atoms with E-state index in [4.69, 9.17) is 10.8 Å². The molecule has 19 heavy (non-hydrogen) atoms. The van der Waals surface area contributed by atoms with Crippen molar-refractivity contribution in [2.75, 3.05) is 18.0 Å². The van der Waals surface area contributed by atoms with Crippen LogP contribution in [0.15, 0.2) is 18.2 Å². The van der Waals surface area contributed by atoms with Crippen molar-refractivity contribution >= 4 is 23.6 Å². The van der Waals surface area contributed by atoms with Crippen LogP contribution in [-0.4, -0.2) is 36.1 Å². The number of nitrogens with two attached hydrogens (primary N) is 1. The number of urea groups is 1. The van der Waals surface area contributed by atoms with E-state index < -0.39 is 17.9 Å². The van der Waals surface area contributed by atoms with Crippen LogP contribution in [0.4, 0.5) is 10.5 Å². The highest BCUT2D eigenvalue weighted by Crippen LogP contribution is 2.28. The monoisotopic (exact) mass is 263 g/mol. The Labute approximate surface area is 109 Å². The minimum Gasteiger partial charge on any atom is -0.478 e. The fourth-order valence-corrected chi connectivity index (χ4v) is 2.12. The van der Waals surface area contributed by atoms with Crippen molar-refractivity contribution in [1.82, 2.24) is 5.32 Å². The lowest BCUT2D eigenvalue weighted by molar-refractivity contribution is -0.118. The Bertz CT molecular complexity index is 556. The van der Waals surface area contributed by atoms with E-state index in [0.717, 1.165) is 11.3 Å². The first kappa shape index (κ1) is 12.9. The zero-order chi connectivity index (χ0) is 14.0. The maximum Gasteiger partial charge on any atom is 0.335 e. The number of hydrogen-bond donors (Lipinski definition) is 3. The summed E-state index contributed by atoms with van der Waals surface area (Å²) in [5.41, 5.74) is 6.78. The first-order chi connectivity index (χ1) is 8.97. The van der Waals surface area contributed by atoms with E-state index in [-0.39, 0.29) is 12.1 Å². The fraction of sp³-hybridized carbons (Fsp3) is 0.250. The van der Waals surface area contributed by atoms with Gasteiger partial charge in [0.25, 0.3) is 0 Å². The zero-order valence-corrected chi connectivity index (χ0v) is 10.0. The third-order valence-corrected chi connectivity index (χ3v) is 2.92. The van der Waals surface area contributed by atoms with E-state index >= 15 is 0 Å². The molecule has 0 spiro atoms. The van der Waals surface area contributed by atoms with Gasteiger partial charge in [0.05, 0.1) is 12.1 Å². The topological polar surface area (TPSA) is 113 Å². The van der Waals surface area contributed by atoms with E-state index in [1.54, 1.807) is 17.0 Å². The molecule has 100 valence electrons. The largest absolute Gasteiger partial charge is 0.478 e. The van der Waals surface area contributed by atoms with E-state index in [2.05, 4.69) is 0 Å². The number of carboxylic acids is 1. The second kappa shape index (κ2) is 4.97. The van der Waals surface area contributed by atoms with Crippen LogP contribution in [0, 0.1) is 0 Å². The SMILES string of the molecule is NC(=O)NC(=O)CN1CCc2cc(C(=O)O)ccc21. The molecule has 0 radical (unpaired) electrons. The Morgan fingerprint density at radius 1 is 1.37 bits per heavy atom. The van der Waals surface area contributed by atoms with Gasteiger partial charge in [-0.05, 0) is 30.2 Å². The second-order valence-corrected chi connectivity index (χ2v) is 4.23.